The Morgan fingerprint density at radius 1 is 1.08 bits per heavy atom. The molecule has 1 aromatic rings. The number of furan rings is 1. The molecule has 0 amide bonds. The average Bonchev–Trinajstić information content (AvgIpc) is 3.02. The molecule has 3 aliphatic rings. The van der Waals surface area contributed by atoms with Gasteiger partial charge in [-0.05, 0) is 53.7 Å². The highest BCUT2D eigenvalue weighted by atomic mass is 79.9. The minimum Gasteiger partial charge on any atom is -0.480 e. The number of allylic oxidation sites excluding steroid dienone is 4. The maximum atomic E-state index is 12.8. The van der Waals surface area contributed by atoms with Gasteiger partial charge in [-0.3, -0.25) is 14.4 Å². The molecule has 1 aromatic heterocycles. The highest BCUT2D eigenvalue weighted by Gasteiger charge is 2.44. The monoisotopic (exact) mass is 419 g/mol. The fourth-order valence-electron chi connectivity index (χ4n) is 4.31. The van der Waals surface area contributed by atoms with Crippen LogP contribution in [0.3, 0.4) is 0 Å². The normalized spacial score (nSPS) is 21.2. The number of Topliss-reactive ketones (excluding diaryl/α,β-unsaturated/α-hetero) is 2. The van der Waals surface area contributed by atoms with Crippen LogP contribution < -0.4 is 0 Å². The Labute approximate surface area is 158 Å². The molecule has 26 heavy (non-hydrogen) atoms. The zero-order valence-corrected chi connectivity index (χ0v) is 15.7. The summed E-state index contributed by atoms with van der Waals surface area (Å²) in [4.78, 5) is 38.8. The van der Waals surface area contributed by atoms with E-state index in [9.17, 15) is 19.5 Å². The van der Waals surface area contributed by atoms with Crippen molar-refractivity contribution in [2.24, 2.45) is 0 Å². The number of aliphatic carboxylic acids is 1. The molecule has 0 saturated carbocycles. The topological polar surface area (TPSA) is 87.8 Å². The van der Waals surface area contributed by atoms with Crippen LogP contribution in [0.2, 0.25) is 0 Å². The van der Waals surface area contributed by atoms with E-state index in [2.05, 4.69) is 15.9 Å². The molecule has 2 aliphatic carbocycles. The first kappa shape index (κ1) is 17.3. The lowest BCUT2D eigenvalue weighted by atomic mass is 9.72. The van der Waals surface area contributed by atoms with E-state index in [0.29, 0.717) is 60.1 Å². The third-order valence-corrected chi connectivity index (χ3v) is 5.68. The molecule has 1 aliphatic heterocycles. The summed E-state index contributed by atoms with van der Waals surface area (Å²) < 4.78 is 6.28. The van der Waals surface area contributed by atoms with Gasteiger partial charge in [-0.2, -0.15) is 0 Å². The van der Waals surface area contributed by atoms with Gasteiger partial charge in [0, 0.05) is 35.4 Å². The number of ketones is 2. The van der Waals surface area contributed by atoms with Crippen molar-refractivity contribution in [2.45, 2.75) is 44.4 Å². The zero-order valence-electron chi connectivity index (χ0n) is 14.1. The van der Waals surface area contributed by atoms with Crippen LogP contribution in [0.4, 0.5) is 0 Å². The summed E-state index contributed by atoms with van der Waals surface area (Å²) in [6, 6.07) is 3.53. The van der Waals surface area contributed by atoms with Crippen molar-refractivity contribution in [1.82, 2.24) is 4.90 Å². The first-order chi connectivity index (χ1) is 12.5. The molecular formula is C19H18BrNO5. The van der Waals surface area contributed by atoms with Gasteiger partial charge in [-0.15, -0.1) is 0 Å². The predicted molar refractivity (Wildman–Crippen MR) is 95.3 cm³/mol. The van der Waals surface area contributed by atoms with Crippen LogP contribution in [-0.4, -0.2) is 34.1 Å². The summed E-state index contributed by atoms with van der Waals surface area (Å²) in [5.41, 5.74) is 2.56. The Morgan fingerprint density at radius 3 is 2.12 bits per heavy atom. The van der Waals surface area contributed by atoms with Gasteiger partial charge in [0.1, 0.15) is 12.3 Å². The maximum Gasteiger partial charge on any atom is 0.323 e. The van der Waals surface area contributed by atoms with Crippen LogP contribution in [0.1, 0.15) is 50.2 Å². The maximum absolute atomic E-state index is 12.8. The Morgan fingerprint density at radius 2 is 1.65 bits per heavy atom. The van der Waals surface area contributed by atoms with Crippen molar-refractivity contribution in [1.29, 1.82) is 0 Å². The van der Waals surface area contributed by atoms with E-state index in [1.165, 1.54) is 0 Å². The van der Waals surface area contributed by atoms with E-state index in [4.69, 9.17) is 4.42 Å². The molecule has 0 radical (unpaired) electrons. The molecule has 2 heterocycles. The minimum atomic E-state index is -0.973. The van der Waals surface area contributed by atoms with Gasteiger partial charge in [-0.1, -0.05) is 0 Å². The van der Waals surface area contributed by atoms with Gasteiger partial charge < -0.3 is 14.4 Å². The zero-order chi connectivity index (χ0) is 18.4. The highest BCUT2D eigenvalue weighted by Crippen LogP contribution is 2.49. The molecule has 136 valence electrons. The lowest BCUT2D eigenvalue weighted by Crippen LogP contribution is -2.41. The van der Waals surface area contributed by atoms with Crippen LogP contribution in [-0.2, 0) is 14.4 Å². The van der Waals surface area contributed by atoms with Crippen molar-refractivity contribution in [3.05, 3.63) is 45.1 Å². The first-order valence-corrected chi connectivity index (χ1v) is 9.53. The number of carbonyl (C=O) groups excluding carboxylic acids is 2. The minimum absolute atomic E-state index is 0.0240. The molecular weight excluding hydrogens is 402 g/mol. The molecule has 0 spiro atoms. The number of rotatable bonds is 3. The van der Waals surface area contributed by atoms with Gasteiger partial charge >= 0.3 is 5.97 Å². The summed E-state index contributed by atoms with van der Waals surface area (Å²) in [5, 5.41) is 9.38. The molecule has 4 rings (SSSR count). The van der Waals surface area contributed by atoms with E-state index in [0.717, 1.165) is 11.4 Å². The van der Waals surface area contributed by atoms with Crippen molar-refractivity contribution >= 4 is 33.5 Å². The van der Waals surface area contributed by atoms with Gasteiger partial charge in [0.2, 0.25) is 0 Å². The molecule has 0 atom stereocenters. The van der Waals surface area contributed by atoms with Crippen LogP contribution >= 0.6 is 15.9 Å². The Balaban J connectivity index is 1.95. The lowest BCUT2D eigenvalue weighted by Gasteiger charge is -2.42. The quantitative estimate of drug-likeness (QED) is 0.805. The van der Waals surface area contributed by atoms with Crippen LogP contribution in [0.15, 0.2) is 43.8 Å². The number of carbonyl (C=O) groups is 3. The van der Waals surface area contributed by atoms with E-state index in [-0.39, 0.29) is 18.1 Å². The molecule has 6 nitrogen and oxygen atoms in total. The standard InChI is InChI=1S/C19H18BrNO5/c20-15-8-7-14(26-15)19-17-10(3-1-5-12(17)22)21(9-16(24)25)11-4-2-6-13(23)18(11)19/h7-8,19H,1-6,9H2,(H,24,25). The molecule has 1 N–H and O–H groups in total. The summed E-state index contributed by atoms with van der Waals surface area (Å²) >= 11 is 3.29. The molecule has 0 fully saturated rings. The number of hydrogen-bond acceptors (Lipinski definition) is 5. The number of hydrogen-bond donors (Lipinski definition) is 1. The third kappa shape index (κ3) is 2.74. The van der Waals surface area contributed by atoms with E-state index < -0.39 is 11.9 Å². The van der Waals surface area contributed by atoms with Gasteiger partial charge in [0.05, 0.1) is 5.92 Å². The summed E-state index contributed by atoms with van der Waals surface area (Å²) in [6.07, 6.45) is 3.48. The van der Waals surface area contributed by atoms with Crippen molar-refractivity contribution in [3.63, 3.8) is 0 Å². The second-order valence-electron chi connectivity index (χ2n) is 6.83. The van der Waals surface area contributed by atoms with Crippen molar-refractivity contribution < 1.29 is 23.9 Å². The number of halogens is 1. The molecule has 7 heteroatoms. The van der Waals surface area contributed by atoms with Crippen LogP contribution in [0, 0.1) is 0 Å². The second kappa shape index (κ2) is 6.54. The summed E-state index contributed by atoms with van der Waals surface area (Å²) in [5.74, 6) is -0.999. The molecule has 0 saturated heterocycles. The van der Waals surface area contributed by atoms with Gasteiger partial charge in [0.15, 0.2) is 16.2 Å². The SMILES string of the molecule is O=C(O)CN1C2=C(C(=O)CCC2)C(c2ccc(Br)o2)C2=C1CCCC2=O. The predicted octanol–water partition coefficient (Wildman–Crippen LogP) is 3.54. The van der Waals surface area contributed by atoms with Crippen molar-refractivity contribution in [2.75, 3.05) is 6.54 Å². The summed E-state index contributed by atoms with van der Waals surface area (Å²) in [6.45, 7) is -0.229. The molecule has 0 unspecified atom stereocenters. The number of nitrogens with zero attached hydrogens (tertiary/aromatic N) is 1. The summed E-state index contributed by atoms with van der Waals surface area (Å²) in [7, 11) is 0. The van der Waals surface area contributed by atoms with Crippen LogP contribution in [0.5, 0.6) is 0 Å². The second-order valence-corrected chi connectivity index (χ2v) is 7.61. The van der Waals surface area contributed by atoms with Gasteiger partial charge in [-0.25, -0.2) is 0 Å². The smallest absolute Gasteiger partial charge is 0.323 e. The van der Waals surface area contributed by atoms with Crippen molar-refractivity contribution in [3.8, 4) is 0 Å². The Hall–Kier alpha value is -2.15. The fraction of sp³-hybridized carbons (Fsp3) is 0.421. The Kier molecular flexibility index (Phi) is 4.34. The Bertz CT molecular complexity index is 834. The average molecular weight is 420 g/mol. The first-order valence-electron chi connectivity index (χ1n) is 8.74. The largest absolute Gasteiger partial charge is 0.480 e. The fourth-order valence-corrected chi connectivity index (χ4v) is 4.63. The van der Waals surface area contributed by atoms with E-state index >= 15 is 0 Å². The third-order valence-electron chi connectivity index (χ3n) is 5.26. The number of carboxylic acids is 1. The lowest BCUT2D eigenvalue weighted by molar-refractivity contribution is -0.138. The molecule has 0 bridgehead atoms. The van der Waals surface area contributed by atoms with E-state index in [1.54, 1.807) is 17.0 Å². The van der Waals surface area contributed by atoms with E-state index in [1.807, 2.05) is 0 Å². The van der Waals surface area contributed by atoms with Crippen LogP contribution in [0.25, 0.3) is 0 Å². The van der Waals surface area contributed by atoms with Gasteiger partial charge in [0.25, 0.3) is 0 Å². The highest BCUT2D eigenvalue weighted by molar-refractivity contribution is 9.10. The number of carboxylic acid groups (broad SMARTS) is 1. The molecule has 0 aromatic carbocycles.